The molecule has 1 atom stereocenters. The SMILES string of the molecule is CCC1(Cc2ccnc(C)n2)CCCN1. The van der Waals surface area contributed by atoms with Gasteiger partial charge in [-0.25, -0.2) is 9.97 Å². The molecule has 1 fully saturated rings. The van der Waals surface area contributed by atoms with E-state index in [4.69, 9.17) is 0 Å². The van der Waals surface area contributed by atoms with Gasteiger partial charge in [-0.05, 0) is 38.8 Å². The second-order valence-corrected chi connectivity index (χ2v) is 4.44. The number of hydrogen-bond donors (Lipinski definition) is 1. The third kappa shape index (κ3) is 2.34. The molecule has 1 N–H and O–H groups in total. The fourth-order valence-electron chi connectivity index (χ4n) is 2.40. The highest BCUT2D eigenvalue weighted by molar-refractivity contribution is 5.09. The molecule has 82 valence electrons. The number of rotatable bonds is 3. The van der Waals surface area contributed by atoms with Gasteiger partial charge in [-0.15, -0.1) is 0 Å². The predicted molar refractivity (Wildman–Crippen MR) is 60.7 cm³/mol. The summed E-state index contributed by atoms with van der Waals surface area (Å²) in [5.41, 5.74) is 1.46. The number of aromatic nitrogens is 2. The van der Waals surface area contributed by atoms with Gasteiger partial charge in [-0.2, -0.15) is 0 Å². The Morgan fingerprint density at radius 1 is 1.53 bits per heavy atom. The highest BCUT2D eigenvalue weighted by Crippen LogP contribution is 2.26. The Kier molecular flexibility index (Phi) is 3.00. The van der Waals surface area contributed by atoms with Crippen LogP contribution in [0.15, 0.2) is 12.3 Å². The molecule has 1 unspecified atom stereocenters. The van der Waals surface area contributed by atoms with Gasteiger partial charge in [0.1, 0.15) is 5.82 Å². The lowest BCUT2D eigenvalue weighted by molar-refractivity contribution is 0.356. The molecular formula is C12H19N3. The van der Waals surface area contributed by atoms with Crippen LogP contribution in [0, 0.1) is 6.92 Å². The first kappa shape index (κ1) is 10.6. The van der Waals surface area contributed by atoms with Gasteiger partial charge in [0, 0.05) is 23.9 Å². The van der Waals surface area contributed by atoms with E-state index in [2.05, 4.69) is 22.2 Å². The van der Waals surface area contributed by atoms with Crippen LogP contribution in [0.2, 0.25) is 0 Å². The highest BCUT2D eigenvalue weighted by Gasteiger charge is 2.31. The van der Waals surface area contributed by atoms with Crippen LogP contribution in [0.4, 0.5) is 0 Å². The van der Waals surface area contributed by atoms with E-state index in [9.17, 15) is 0 Å². The monoisotopic (exact) mass is 205 g/mol. The fraction of sp³-hybridized carbons (Fsp3) is 0.667. The molecule has 1 aliphatic heterocycles. The minimum atomic E-state index is 0.292. The molecule has 2 heterocycles. The quantitative estimate of drug-likeness (QED) is 0.818. The second kappa shape index (κ2) is 4.27. The standard InChI is InChI=1S/C12H19N3/c1-3-12(6-4-7-14-12)9-11-5-8-13-10(2)15-11/h5,8,14H,3-4,6-7,9H2,1-2H3. The van der Waals surface area contributed by atoms with Crippen molar-refractivity contribution >= 4 is 0 Å². The predicted octanol–water partition coefficient (Wildman–Crippen LogP) is 1.86. The van der Waals surface area contributed by atoms with Crippen LogP contribution in [0.3, 0.4) is 0 Å². The van der Waals surface area contributed by atoms with Crippen molar-refractivity contribution in [2.24, 2.45) is 0 Å². The zero-order valence-corrected chi connectivity index (χ0v) is 9.58. The van der Waals surface area contributed by atoms with Crippen molar-refractivity contribution in [3.05, 3.63) is 23.8 Å². The zero-order valence-electron chi connectivity index (χ0n) is 9.58. The molecule has 1 saturated heterocycles. The molecule has 0 aliphatic carbocycles. The summed E-state index contributed by atoms with van der Waals surface area (Å²) in [6.45, 7) is 5.36. The maximum atomic E-state index is 4.48. The first-order valence-electron chi connectivity index (χ1n) is 5.78. The van der Waals surface area contributed by atoms with Gasteiger partial charge in [0.25, 0.3) is 0 Å². The molecule has 1 aromatic rings. The number of nitrogens with one attached hydrogen (secondary N) is 1. The molecule has 0 radical (unpaired) electrons. The minimum absolute atomic E-state index is 0.292. The number of hydrogen-bond acceptors (Lipinski definition) is 3. The Balaban J connectivity index is 2.12. The molecular weight excluding hydrogens is 186 g/mol. The number of aryl methyl sites for hydroxylation is 1. The minimum Gasteiger partial charge on any atom is -0.311 e. The Bertz CT molecular complexity index is 329. The lowest BCUT2D eigenvalue weighted by atomic mass is 9.89. The molecule has 1 aromatic heterocycles. The van der Waals surface area contributed by atoms with Crippen molar-refractivity contribution in [1.82, 2.24) is 15.3 Å². The Hall–Kier alpha value is -0.960. The average Bonchev–Trinajstić information content (AvgIpc) is 2.67. The third-order valence-electron chi connectivity index (χ3n) is 3.36. The first-order valence-corrected chi connectivity index (χ1v) is 5.78. The van der Waals surface area contributed by atoms with Crippen molar-refractivity contribution in [1.29, 1.82) is 0 Å². The maximum Gasteiger partial charge on any atom is 0.125 e. The van der Waals surface area contributed by atoms with Crippen molar-refractivity contribution < 1.29 is 0 Å². The summed E-state index contributed by atoms with van der Waals surface area (Å²) >= 11 is 0. The summed E-state index contributed by atoms with van der Waals surface area (Å²) in [6, 6.07) is 2.03. The molecule has 0 spiro atoms. The van der Waals surface area contributed by atoms with E-state index >= 15 is 0 Å². The maximum absolute atomic E-state index is 4.48. The normalized spacial score (nSPS) is 25.7. The van der Waals surface area contributed by atoms with E-state index < -0.39 is 0 Å². The molecule has 15 heavy (non-hydrogen) atoms. The van der Waals surface area contributed by atoms with Crippen LogP contribution in [0.25, 0.3) is 0 Å². The smallest absolute Gasteiger partial charge is 0.125 e. The van der Waals surface area contributed by atoms with Crippen LogP contribution in [-0.2, 0) is 6.42 Å². The Labute approximate surface area is 91.3 Å². The highest BCUT2D eigenvalue weighted by atomic mass is 15.0. The fourth-order valence-corrected chi connectivity index (χ4v) is 2.40. The lowest BCUT2D eigenvalue weighted by Crippen LogP contribution is -2.41. The summed E-state index contributed by atoms with van der Waals surface area (Å²) in [5.74, 6) is 0.872. The summed E-state index contributed by atoms with van der Waals surface area (Å²) in [6.07, 6.45) is 6.63. The van der Waals surface area contributed by atoms with E-state index in [1.54, 1.807) is 0 Å². The van der Waals surface area contributed by atoms with Crippen molar-refractivity contribution in [3.63, 3.8) is 0 Å². The molecule has 1 aliphatic rings. The van der Waals surface area contributed by atoms with Crippen molar-refractivity contribution in [2.45, 2.75) is 45.1 Å². The van der Waals surface area contributed by atoms with Gasteiger partial charge in [-0.1, -0.05) is 6.92 Å². The molecule has 3 heteroatoms. The van der Waals surface area contributed by atoms with E-state index in [0.29, 0.717) is 5.54 Å². The van der Waals surface area contributed by atoms with Gasteiger partial charge in [0.2, 0.25) is 0 Å². The van der Waals surface area contributed by atoms with Crippen LogP contribution in [0.5, 0.6) is 0 Å². The van der Waals surface area contributed by atoms with E-state index in [-0.39, 0.29) is 0 Å². The zero-order chi connectivity index (χ0) is 10.7. The summed E-state index contributed by atoms with van der Waals surface area (Å²) < 4.78 is 0. The largest absolute Gasteiger partial charge is 0.311 e. The molecule has 0 saturated carbocycles. The van der Waals surface area contributed by atoms with Crippen LogP contribution < -0.4 is 5.32 Å². The Morgan fingerprint density at radius 2 is 2.40 bits per heavy atom. The van der Waals surface area contributed by atoms with Crippen LogP contribution >= 0.6 is 0 Å². The molecule has 3 nitrogen and oxygen atoms in total. The van der Waals surface area contributed by atoms with Gasteiger partial charge >= 0.3 is 0 Å². The summed E-state index contributed by atoms with van der Waals surface area (Å²) in [5, 5.41) is 3.63. The molecule has 2 rings (SSSR count). The summed E-state index contributed by atoms with van der Waals surface area (Å²) in [7, 11) is 0. The molecule has 0 bridgehead atoms. The van der Waals surface area contributed by atoms with E-state index in [1.165, 1.54) is 25.0 Å². The first-order chi connectivity index (χ1) is 7.24. The van der Waals surface area contributed by atoms with Gasteiger partial charge < -0.3 is 5.32 Å². The second-order valence-electron chi connectivity index (χ2n) is 4.44. The van der Waals surface area contributed by atoms with E-state index in [1.807, 2.05) is 19.2 Å². The van der Waals surface area contributed by atoms with Gasteiger partial charge in [0.05, 0.1) is 0 Å². The van der Waals surface area contributed by atoms with Crippen LogP contribution in [0.1, 0.15) is 37.7 Å². The molecule has 0 aromatic carbocycles. The van der Waals surface area contributed by atoms with Crippen LogP contribution in [-0.4, -0.2) is 22.1 Å². The topological polar surface area (TPSA) is 37.8 Å². The van der Waals surface area contributed by atoms with Gasteiger partial charge in [-0.3, -0.25) is 0 Å². The average molecular weight is 205 g/mol. The van der Waals surface area contributed by atoms with E-state index in [0.717, 1.165) is 18.8 Å². The van der Waals surface area contributed by atoms with Gasteiger partial charge in [0.15, 0.2) is 0 Å². The summed E-state index contributed by atoms with van der Waals surface area (Å²) in [4.78, 5) is 8.61. The Morgan fingerprint density at radius 3 is 3.00 bits per heavy atom. The van der Waals surface area contributed by atoms with Crippen molar-refractivity contribution in [3.8, 4) is 0 Å². The van der Waals surface area contributed by atoms with Crippen molar-refractivity contribution in [2.75, 3.05) is 6.54 Å². The third-order valence-corrected chi connectivity index (χ3v) is 3.36. The number of nitrogens with zero attached hydrogens (tertiary/aromatic N) is 2. The molecule has 0 amide bonds. The lowest BCUT2D eigenvalue weighted by Gasteiger charge is -2.27.